The molecule has 1 amide bonds. The van der Waals surface area contributed by atoms with Gasteiger partial charge in [0.1, 0.15) is 12.4 Å². The zero-order valence-electron chi connectivity index (χ0n) is 11.4. The Morgan fingerprint density at radius 3 is 2.70 bits per heavy atom. The fraction of sp³-hybridized carbons (Fsp3) is 0.188. The topological polar surface area (TPSA) is 64.4 Å². The molecule has 0 aliphatic carbocycles. The maximum Gasteiger partial charge on any atom is 0.253 e. The molecule has 0 atom stereocenters. The van der Waals surface area contributed by atoms with Gasteiger partial charge in [-0.25, -0.2) is 0 Å². The first-order valence-corrected chi connectivity index (χ1v) is 6.49. The van der Waals surface area contributed by atoms with Gasteiger partial charge in [0.25, 0.3) is 5.91 Å². The van der Waals surface area contributed by atoms with Crippen molar-refractivity contribution in [2.75, 3.05) is 18.9 Å². The summed E-state index contributed by atoms with van der Waals surface area (Å²) >= 11 is 0. The van der Waals surface area contributed by atoms with Crippen LogP contribution in [0.2, 0.25) is 0 Å². The maximum atomic E-state index is 12.0. The highest BCUT2D eigenvalue weighted by Crippen LogP contribution is 2.13. The van der Waals surface area contributed by atoms with Gasteiger partial charge in [0.15, 0.2) is 0 Å². The van der Waals surface area contributed by atoms with Crippen LogP contribution in [0.25, 0.3) is 0 Å². The quantitative estimate of drug-likeness (QED) is 0.647. The lowest BCUT2D eigenvalue weighted by Crippen LogP contribution is -2.28. The van der Waals surface area contributed by atoms with Crippen LogP contribution in [0.15, 0.2) is 48.5 Å². The third-order valence-corrected chi connectivity index (χ3v) is 2.85. The van der Waals surface area contributed by atoms with Crippen molar-refractivity contribution < 1.29 is 9.53 Å². The molecule has 2 aromatic carbocycles. The number of anilines is 1. The van der Waals surface area contributed by atoms with Crippen molar-refractivity contribution in [2.45, 2.75) is 6.92 Å². The number of amides is 1. The number of carbonyl (C=O) groups excluding carboxylic acids is 1. The van der Waals surface area contributed by atoms with E-state index in [0.29, 0.717) is 24.4 Å². The summed E-state index contributed by atoms with van der Waals surface area (Å²) in [5.74, 6) is 0.611. The van der Waals surface area contributed by atoms with Gasteiger partial charge in [-0.2, -0.15) is 0 Å². The molecule has 0 saturated carbocycles. The third-order valence-electron chi connectivity index (χ3n) is 2.85. The van der Waals surface area contributed by atoms with Crippen LogP contribution < -0.4 is 15.8 Å². The monoisotopic (exact) mass is 270 g/mol. The van der Waals surface area contributed by atoms with E-state index < -0.39 is 0 Å². The number of nitrogen functional groups attached to an aromatic ring is 1. The standard InChI is InChI=1S/C16H18N2O2/c1-12-7-8-15(17)14(11-12)16(19)18-9-10-20-13-5-3-2-4-6-13/h2-8,11H,9-10,17H2,1H3,(H,18,19). The molecule has 0 unspecified atom stereocenters. The van der Waals surface area contributed by atoms with Gasteiger partial charge in [-0.05, 0) is 31.2 Å². The molecular weight excluding hydrogens is 252 g/mol. The summed E-state index contributed by atoms with van der Waals surface area (Å²) in [7, 11) is 0. The van der Waals surface area contributed by atoms with Gasteiger partial charge in [-0.15, -0.1) is 0 Å². The second-order valence-corrected chi connectivity index (χ2v) is 4.51. The minimum Gasteiger partial charge on any atom is -0.492 e. The Morgan fingerprint density at radius 1 is 1.20 bits per heavy atom. The molecule has 0 aromatic heterocycles. The normalized spacial score (nSPS) is 10.1. The molecule has 4 heteroatoms. The Balaban J connectivity index is 1.82. The van der Waals surface area contributed by atoms with E-state index in [-0.39, 0.29) is 5.91 Å². The van der Waals surface area contributed by atoms with Crippen molar-refractivity contribution in [3.63, 3.8) is 0 Å². The van der Waals surface area contributed by atoms with E-state index in [9.17, 15) is 4.79 Å². The molecule has 0 heterocycles. The van der Waals surface area contributed by atoms with E-state index in [4.69, 9.17) is 10.5 Å². The number of carbonyl (C=O) groups is 1. The Labute approximate surface area is 118 Å². The Morgan fingerprint density at radius 2 is 1.95 bits per heavy atom. The summed E-state index contributed by atoms with van der Waals surface area (Å²) in [5.41, 5.74) is 7.79. The molecule has 3 N–H and O–H groups in total. The lowest BCUT2D eigenvalue weighted by Gasteiger charge is -2.09. The highest BCUT2D eigenvalue weighted by molar-refractivity contribution is 5.99. The van der Waals surface area contributed by atoms with Crippen LogP contribution in [0.5, 0.6) is 5.75 Å². The van der Waals surface area contributed by atoms with E-state index in [2.05, 4.69) is 5.32 Å². The van der Waals surface area contributed by atoms with E-state index in [0.717, 1.165) is 11.3 Å². The SMILES string of the molecule is Cc1ccc(N)c(C(=O)NCCOc2ccccc2)c1. The number of hydrogen-bond acceptors (Lipinski definition) is 3. The molecule has 2 aromatic rings. The molecule has 0 aliphatic heterocycles. The van der Waals surface area contributed by atoms with Crippen molar-refractivity contribution in [3.05, 3.63) is 59.7 Å². The molecule has 0 bridgehead atoms. The second kappa shape index (κ2) is 6.61. The largest absolute Gasteiger partial charge is 0.492 e. The minimum absolute atomic E-state index is 0.178. The average molecular weight is 270 g/mol. The summed E-state index contributed by atoms with van der Waals surface area (Å²) in [6.07, 6.45) is 0. The summed E-state index contributed by atoms with van der Waals surface area (Å²) in [5, 5.41) is 2.79. The zero-order valence-corrected chi connectivity index (χ0v) is 11.4. The smallest absolute Gasteiger partial charge is 0.253 e. The third kappa shape index (κ3) is 3.75. The van der Waals surface area contributed by atoms with Gasteiger partial charge in [0.2, 0.25) is 0 Å². The highest BCUT2D eigenvalue weighted by atomic mass is 16.5. The van der Waals surface area contributed by atoms with Crippen LogP contribution in [0.1, 0.15) is 15.9 Å². The van der Waals surface area contributed by atoms with E-state index >= 15 is 0 Å². The number of rotatable bonds is 5. The Bertz CT molecular complexity index is 582. The molecular formula is C16H18N2O2. The molecule has 4 nitrogen and oxygen atoms in total. The van der Waals surface area contributed by atoms with Crippen molar-refractivity contribution in [2.24, 2.45) is 0 Å². The Hall–Kier alpha value is -2.49. The van der Waals surface area contributed by atoms with Crippen molar-refractivity contribution >= 4 is 11.6 Å². The maximum absolute atomic E-state index is 12.0. The van der Waals surface area contributed by atoms with Gasteiger partial charge in [-0.1, -0.05) is 29.8 Å². The molecule has 0 fully saturated rings. The first-order chi connectivity index (χ1) is 9.66. The lowest BCUT2D eigenvalue weighted by molar-refractivity contribution is 0.0948. The van der Waals surface area contributed by atoms with E-state index in [1.807, 2.05) is 43.3 Å². The fourth-order valence-corrected chi connectivity index (χ4v) is 1.81. The molecule has 0 radical (unpaired) electrons. The van der Waals surface area contributed by atoms with Gasteiger partial charge >= 0.3 is 0 Å². The van der Waals surface area contributed by atoms with Gasteiger partial charge in [-0.3, -0.25) is 4.79 Å². The molecule has 0 spiro atoms. The van der Waals surface area contributed by atoms with Crippen molar-refractivity contribution in [1.82, 2.24) is 5.32 Å². The van der Waals surface area contributed by atoms with E-state index in [1.54, 1.807) is 12.1 Å². The predicted molar refractivity (Wildman–Crippen MR) is 79.9 cm³/mol. The van der Waals surface area contributed by atoms with Gasteiger partial charge in [0.05, 0.1) is 12.1 Å². The number of nitrogens with two attached hydrogens (primary N) is 1. The van der Waals surface area contributed by atoms with Crippen LogP contribution in [-0.4, -0.2) is 19.1 Å². The van der Waals surface area contributed by atoms with Crippen LogP contribution >= 0.6 is 0 Å². The molecule has 0 aliphatic rings. The summed E-state index contributed by atoms with van der Waals surface area (Å²) < 4.78 is 5.50. The number of ether oxygens (including phenoxy) is 1. The number of nitrogens with one attached hydrogen (secondary N) is 1. The zero-order chi connectivity index (χ0) is 14.4. The average Bonchev–Trinajstić information content (AvgIpc) is 2.47. The Kier molecular flexibility index (Phi) is 4.60. The summed E-state index contributed by atoms with van der Waals surface area (Å²) in [4.78, 5) is 12.0. The van der Waals surface area contributed by atoms with Crippen LogP contribution in [-0.2, 0) is 0 Å². The molecule has 0 saturated heterocycles. The first-order valence-electron chi connectivity index (χ1n) is 6.49. The minimum atomic E-state index is -0.178. The fourth-order valence-electron chi connectivity index (χ4n) is 1.81. The predicted octanol–water partition coefficient (Wildman–Crippen LogP) is 2.39. The lowest BCUT2D eigenvalue weighted by atomic mass is 10.1. The summed E-state index contributed by atoms with van der Waals surface area (Å²) in [6, 6.07) is 14.9. The molecule has 104 valence electrons. The number of para-hydroxylation sites is 1. The van der Waals surface area contributed by atoms with Crippen LogP contribution in [0.4, 0.5) is 5.69 Å². The van der Waals surface area contributed by atoms with E-state index in [1.165, 1.54) is 0 Å². The first kappa shape index (κ1) is 13.9. The van der Waals surface area contributed by atoms with Gasteiger partial charge < -0.3 is 15.8 Å². The van der Waals surface area contributed by atoms with Gasteiger partial charge in [0, 0.05) is 5.69 Å². The summed E-state index contributed by atoms with van der Waals surface area (Å²) in [6.45, 7) is 2.78. The van der Waals surface area contributed by atoms with Crippen molar-refractivity contribution in [3.8, 4) is 5.75 Å². The number of benzene rings is 2. The van der Waals surface area contributed by atoms with Crippen molar-refractivity contribution in [1.29, 1.82) is 0 Å². The number of aryl methyl sites for hydroxylation is 1. The number of hydrogen-bond donors (Lipinski definition) is 2. The molecule has 20 heavy (non-hydrogen) atoms. The second-order valence-electron chi connectivity index (χ2n) is 4.51. The van der Waals surface area contributed by atoms with Crippen LogP contribution in [0.3, 0.4) is 0 Å². The highest BCUT2D eigenvalue weighted by Gasteiger charge is 2.08. The van der Waals surface area contributed by atoms with Crippen LogP contribution in [0, 0.1) is 6.92 Å². The molecule has 2 rings (SSSR count).